The van der Waals surface area contributed by atoms with Crippen LogP contribution in [0.2, 0.25) is 18.1 Å². The SMILES string of the molecule is C[C@H](CC[C@@H](O)CCCCO)O[Si](C)(C)C(C)(C)C. The number of hydrogen-bond acceptors (Lipinski definition) is 3. The van der Waals surface area contributed by atoms with Gasteiger partial charge in [0.05, 0.1) is 6.10 Å². The van der Waals surface area contributed by atoms with Gasteiger partial charge in [-0.2, -0.15) is 0 Å². The van der Waals surface area contributed by atoms with Crippen LogP contribution in [0.4, 0.5) is 0 Å². The van der Waals surface area contributed by atoms with Gasteiger partial charge in [0.15, 0.2) is 8.32 Å². The summed E-state index contributed by atoms with van der Waals surface area (Å²) in [6.45, 7) is 13.6. The number of hydrogen-bond donors (Lipinski definition) is 2. The van der Waals surface area contributed by atoms with Crippen molar-refractivity contribution in [3.05, 3.63) is 0 Å². The summed E-state index contributed by atoms with van der Waals surface area (Å²) in [7, 11) is -1.69. The van der Waals surface area contributed by atoms with E-state index in [-0.39, 0.29) is 23.9 Å². The molecule has 0 bridgehead atoms. The maximum atomic E-state index is 9.86. The van der Waals surface area contributed by atoms with Crippen LogP contribution in [0.25, 0.3) is 0 Å². The Kier molecular flexibility index (Phi) is 8.44. The average Bonchev–Trinajstić information content (AvgIpc) is 2.24. The monoisotopic (exact) mass is 290 g/mol. The van der Waals surface area contributed by atoms with E-state index >= 15 is 0 Å². The molecule has 0 aliphatic carbocycles. The standard InChI is InChI=1S/C15H34O3Si/c1-13(18-19(5,6)15(2,3)4)10-11-14(17)9-7-8-12-16/h13-14,16-17H,7-12H2,1-6H3/t13-,14+/m1/s1. The summed E-state index contributed by atoms with van der Waals surface area (Å²) in [5, 5.41) is 18.8. The highest BCUT2D eigenvalue weighted by Gasteiger charge is 2.38. The van der Waals surface area contributed by atoms with Gasteiger partial charge in [-0.05, 0) is 57.2 Å². The second kappa shape index (κ2) is 8.40. The van der Waals surface area contributed by atoms with Gasteiger partial charge in [0, 0.05) is 12.7 Å². The molecule has 2 N–H and O–H groups in total. The van der Waals surface area contributed by atoms with Gasteiger partial charge in [0.2, 0.25) is 0 Å². The van der Waals surface area contributed by atoms with E-state index in [0.717, 1.165) is 32.1 Å². The van der Waals surface area contributed by atoms with Gasteiger partial charge in [-0.1, -0.05) is 20.8 Å². The largest absolute Gasteiger partial charge is 0.414 e. The Morgan fingerprint density at radius 1 is 1.05 bits per heavy atom. The van der Waals surface area contributed by atoms with Gasteiger partial charge in [-0.25, -0.2) is 0 Å². The Bertz CT molecular complexity index is 236. The topological polar surface area (TPSA) is 49.7 Å². The Hall–Kier alpha value is 0.0969. The fourth-order valence-electron chi connectivity index (χ4n) is 1.80. The zero-order valence-electron chi connectivity index (χ0n) is 13.7. The second-order valence-corrected chi connectivity index (χ2v) is 11.9. The molecule has 0 aliphatic rings. The fourth-order valence-corrected chi connectivity index (χ4v) is 3.28. The molecule has 0 aromatic rings. The summed E-state index contributed by atoms with van der Waals surface area (Å²) in [4.78, 5) is 0. The van der Waals surface area contributed by atoms with E-state index in [9.17, 15) is 5.11 Å². The minimum atomic E-state index is -1.69. The molecule has 3 nitrogen and oxygen atoms in total. The van der Waals surface area contributed by atoms with Crippen molar-refractivity contribution in [1.82, 2.24) is 0 Å². The zero-order valence-corrected chi connectivity index (χ0v) is 14.7. The third-order valence-electron chi connectivity index (χ3n) is 4.15. The third-order valence-corrected chi connectivity index (χ3v) is 8.76. The number of aliphatic hydroxyl groups is 2. The lowest BCUT2D eigenvalue weighted by molar-refractivity contribution is 0.116. The van der Waals surface area contributed by atoms with Crippen molar-refractivity contribution in [1.29, 1.82) is 0 Å². The van der Waals surface area contributed by atoms with Gasteiger partial charge in [0.1, 0.15) is 0 Å². The predicted molar refractivity (Wildman–Crippen MR) is 83.9 cm³/mol. The van der Waals surface area contributed by atoms with Crippen LogP contribution in [0.3, 0.4) is 0 Å². The molecule has 0 aliphatic heterocycles. The lowest BCUT2D eigenvalue weighted by Gasteiger charge is -2.38. The van der Waals surface area contributed by atoms with Gasteiger partial charge in [0.25, 0.3) is 0 Å². The van der Waals surface area contributed by atoms with E-state index in [1.165, 1.54) is 0 Å². The summed E-state index contributed by atoms with van der Waals surface area (Å²) in [6, 6.07) is 0. The first-order valence-electron chi connectivity index (χ1n) is 7.57. The van der Waals surface area contributed by atoms with Crippen LogP contribution in [0.1, 0.15) is 59.8 Å². The van der Waals surface area contributed by atoms with Crippen molar-refractivity contribution in [2.75, 3.05) is 6.61 Å². The van der Waals surface area contributed by atoms with E-state index in [1.807, 2.05) is 0 Å². The molecular formula is C15H34O3Si. The van der Waals surface area contributed by atoms with Gasteiger partial charge in [-0.3, -0.25) is 0 Å². The lowest BCUT2D eigenvalue weighted by Crippen LogP contribution is -2.43. The van der Waals surface area contributed by atoms with Crippen molar-refractivity contribution in [3.63, 3.8) is 0 Å². The minimum Gasteiger partial charge on any atom is -0.414 e. The minimum absolute atomic E-state index is 0.216. The second-order valence-electron chi connectivity index (χ2n) is 7.14. The highest BCUT2D eigenvalue weighted by molar-refractivity contribution is 6.74. The van der Waals surface area contributed by atoms with Crippen LogP contribution in [-0.4, -0.2) is 37.3 Å². The smallest absolute Gasteiger partial charge is 0.192 e. The van der Waals surface area contributed by atoms with Crippen LogP contribution in [0, 0.1) is 0 Å². The molecule has 19 heavy (non-hydrogen) atoms. The van der Waals surface area contributed by atoms with Crippen molar-refractivity contribution < 1.29 is 14.6 Å². The molecule has 0 heterocycles. The summed E-state index contributed by atoms with van der Waals surface area (Å²) in [5.41, 5.74) is 0. The van der Waals surface area contributed by atoms with E-state index in [1.54, 1.807) is 0 Å². The molecular weight excluding hydrogens is 256 g/mol. The van der Waals surface area contributed by atoms with Crippen LogP contribution >= 0.6 is 0 Å². The van der Waals surface area contributed by atoms with Crippen LogP contribution in [0.5, 0.6) is 0 Å². The first kappa shape index (κ1) is 19.1. The Morgan fingerprint density at radius 3 is 2.11 bits per heavy atom. The van der Waals surface area contributed by atoms with E-state index in [4.69, 9.17) is 9.53 Å². The molecule has 0 aromatic heterocycles. The molecule has 0 amide bonds. The highest BCUT2D eigenvalue weighted by atomic mass is 28.4. The molecule has 0 rings (SSSR count). The molecule has 0 aromatic carbocycles. The van der Waals surface area contributed by atoms with Crippen LogP contribution < -0.4 is 0 Å². The maximum Gasteiger partial charge on any atom is 0.192 e. The Morgan fingerprint density at radius 2 is 1.63 bits per heavy atom. The Labute approximate surface area is 120 Å². The van der Waals surface area contributed by atoms with Gasteiger partial charge >= 0.3 is 0 Å². The molecule has 116 valence electrons. The van der Waals surface area contributed by atoms with Gasteiger partial charge in [-0.15, -0.1) is 0 Å². The molecule has 0 saturated carbocycles. The van der Waals surface area contributed by atoms with Crippen LogP contribution in [-0.2, 0) is 4.43 Å². The molecule has 0 unspecified atom stereocenters. The summed E-state index contributed by atoms with van der Waals surface area (Å²) in [5.74, 6) is 0. The quantitative estimate of drug-likeness (QED) is 0.503. The average molecular weight is 291 g/mol. The molecule has 4 heteroatoms. The van der Waals surface area contributed by atoms with Gasteiger partial charge < -0.3 is 14.6 Å². The van der Waals surface area contributed by atoms with Crippen molar-refractivity contribution in [2.24, 2.45) is 0 Å². The van der Waals surface area contributed by atoms with Crippen LogP contribution in [0.15, 0.2) is 0 Å². The molecule has 2 atom stereocenters. The lowest BCUT2D eigenvalue weighted by atomic mass is 10.1. The molecule has 0 saturated heterocycles. The number of unbranched alkanes of at least 4 members (excludes halogenated alkanes) is 1. The maximum absolute atomic E-state index is 9.86. The molecule has 0 radical (unpaired) electrons. The van der Waals surface area contributed by atoms with E-state index < -0.39 is 8.32 Å². The Balaban J connectivity index is 3.95. The normalized spacial score (nSPS) is 16.4. The first-order chi connectivity index (χ1) is 8.60. The summed E-state index contributed by atoms with van der Waals surface area (Å²) < 4.78 is 6.27. The molecule has 0 fully saturated rings. The third kappa shape index (κ3) is 8.08. The number of rotatable bonds is 9. The van der Waals surface area contributed by atoms with Crippen molar-refractivity contribution in [3.8, 4) is 0 Å². The number of aliphatic hydroxyl groups excluding tert-OH is 2. The van der Waals surface area contributed by atoms with E-state index in [2.05, 4.69) is 40.8 Å². The molecule has 0 spiro atoms. The van der Waals surface area contributed by atoms with E-state index in [0.29, 0.717) is 0 Å². The first-order valence-corrected chi connectivity index (χ1v) is 10.5. The summed E-state index contributed by atoms with van der Waals surface area (Å²) in [6.07, 6.45) is 4.13. The van der Waals surface area contributed by atoms with Crippen molar-refractivity contribution >= 4 is 8.32 Å². The summed E-state index contributed by atoms with van der Waals surface area (Å²) >= 11 is 0. The van der Waals surface area contributed by atoms with Crippen molar-refractivity contribution in [2.45, 2.75) is 90.1 Å². The zero-order chi connectivity index (χ0) is 15.1. The fraction of sp³-hybridized carbons (Fsp3) is 1.00. The highest BCUT2D eigenvalue weighted by Crippen LogP contribution is 2.37. The predicted octanol–water partition coefficient (Wildman–Crippen LogP) is 3.70.